The van der Waals surface area contributed by atoms with E-state index in [4.69, 9.17) is 0 Å². The van der Waals surface area contributed by atoms with Gasteiger partial charge in [0.25, 0.3) is 0 Å². The van der Waals surface area contributed by atoms with E-state index < -0.39 is 0 Å². The van der Waals surface area contributed by atoms with Crippen LogP contribution in [0.5, 0.6) is 0 Å². The van der Waals surface area contributed by atoms with Crippen molar-refractivity contribution in [2.24, 2.45) is 0 Å². The molecule has 84 valence electrons. The zero-order chi connectivity index (χ0) is 10.9. The van der Waals surface area contributed by atoms with Crippen molar-refractivity contribution in [3.05, 3.63) is 0 Å². The molecule has 0 aliphatic carbocycles. The Morgan fingerprint density at radius 1 is 0.786 bits per heavy atom. The van der Waals surface area contributed by atoms with Gasteiger partial charge in [-0.3, -0.25) is 9.80 Å². The maximum Gasteiger partial charge on any atom is 0.0223 e. The summed E-state index contributed by atoms with van der Waals surface area (Å²) in [6.45, 7) is 16.4. The lowest BCUT2D eigenvalue weighted by molar-refractivity contribution is 0.00129. The molecule has 1 rings (SSSR count). The van der Waals surface area contributed by atoms with Crippen LogP contribution >= 0.6 is 0 Å². The fourth-order valence-corrected chi connectivity index (χ4v) is 2.65. The first-order valence-corrected chi connectivity index (χ1v) is 5.96. The van der Waals surface area contributed by atoms with Gasteiger partial charge in [0.2, 0.25) is 0 Å². The summed E-state index contributed by atoms with van der Waals surface area (Å²) in [5.74, 6) is 0. The second kappa shape index (κ2) is 4.63. The van der Waals surface area contributed by atoms with Crippen LogP contribution in [0.15, 0.2) is 0 Å². The average Bonchev–Trinajstić information content (AvgIpc) is 2.08. The first-order chi connectivity index (χ1) is 6.45. The van der Waals surface area contributed by atoms with Crippen LogP contribution in [0.2, 0.25) is 0 Å². The van der Waals surface area contributed by atoms with E-state index in [2.05, 4.69) is 51.3 Å². The molecule has 1 aliphatic heterocycles. The summed E-state index contributed by atoms with van der Waals surface area (Å²) in [4.78, 5) is 5.23. The fourth-order valence-electron chi connectivity index (χ4n) is 2.65. The average molecular weight is 198 g/mol. The lowest BCUT2D eigenvalue weighted by Crippen LogP contribution is -2.60. The van der Waals surface area contributed by atoms with E-state index in [0.29, 0.717) is 24.2 Å². The van der Waals surface area contributed by atoms with Crippen LogP contribution in [0.4, 0.5) is 0 Å². The highest BCUT2D eigenvalue weighted by Gasteiger charge is 2.32. The van der Waals surface area contributed by atoms with E-state index in [1.807, 2.05) is 0 Å². The Morgan fingerprint density at radius 2 is 1.07 bits per heavy atom. The van der Waals surface area contributed by atoms with Crippen LogP contribution in [-0.4, -0.2) is 47.1 Å². The minimum Gasteiger partial charge on any atom is -0.295 e. The van der Waals surface area contributed by atoms with Gasteiger partial charge in [0.1, 0.15) is 0 Å². The predicted molar refractivity (Wildman–Crippen MR) is 62.6 cm³/mol. The van der Waals surface area contributed by atoms with Crippen molar-refractivity contribution in [1.82, 2.24) is 9.80 Å². The second-order valence-corrected chi connectivity index (χ2v) is 5.14. The second-order valence-electron chi connectivity index (χ2n) is 5.14. The van der Waals surface area contributed by atoms with Crippen molar-refractivity contribution in [3.63, 3.8) is 0 Å². The summed E-state index contributed by atoms with van der Waals surface area (Å²) in [5.41, 5.74) is 0. The lowest BCUT2D eigenvalue weighted by Gasteiger charge is -2.48. The van der Waals surface area contributed by atoms with Gasteiger partial charge in [0.05, 0.1) is 0 Å². The normalized spacial score (nSPS) is 31.7. The number of piperazine rings is 1. The molecule has 1 saturated heterocycles. The molecule has 0 amide bonds. The topological polar surface area (TPSA) is 6.48 Å². The van der Waals surface area contributed by atoms with Crippen LogP contribution in [0.25, 0.3) is 0 Å². The van der Waals surface area contributed by atoms with Crippen molar-refractivity contribution >= 4 is 0 Å². The van der Waals surface area contributed by atoms with E-state index in [0.717, 1.165) is 0 Å². The SMILES string of the molecule is CC(C)N1CCN(C(C)C)[C@@H](C)[C@H]1C. The van der Waals surface area contributed by atoms with Gasteiger partial charge < -0.3 is 0 Å². The first-order valence-electron chi connectivity index (χ1n) is 5.96. The monoisotopic (exact) mass is 198 g/mol. The molecule has 0 radical (unpaired) electrons. The third-order valence-electron chi connectivity index (χ3n) is 3.69. The zero-order valence-corrected chi connectivity index (χ0v) is 10.6. The smallest absolute Gasteiger partial charge is 0.0223 e. The highest BCUT2D eigenvalue weighted by molar-refractivity contribution is 4.88. The molecule has 1 heterocycles. The zero-order valence-electron chi connectivity index (χ0n) is 10.6. The van der Waals surface area contributed by atoms with E-state index in [1.165, 1.54) is 13.1 Å². The van der Waals surface area contributed by atoms with Crippen molar-refractivity contribution in [3.8, 4) is 0 Å². The molecule has 1 fully saturated rings. The maximum absolute atomic E-state index is 2.61. The molecule has 14 heavy (non-hydrogen) atoms. The highest BCUT2D eigenvalue weighted by atomic mass is 15.3. The van der Waals surface area contributed by atoms with Crippen LogP contribution in [-0.2, 0) is 0 Å². The minimum atomic E-state index is 0.682. The summed E-state index contributed by atoms with van der Waals surface area (Å²) in [6.07, 6.45) is 0. The number of rotatable bonds is 2. The van der Waals surface area contributed by atoms with Gasteiger partial charge in [-0.25, -0.2) is 0 Å². The molecule has 0 unspecified atom stereocenters. The van der Waals surface area contributed by atoms with Crippen LogP contribution in [0.3, 0.4) is 0 Å². The Morgan fingerprint density at radius 3 is 1.29 bits per heavy atom. The van der Waals surface area contributed by atoms with E-state index in [-0.39, 0.29) is 0 Å². The Hall–Kier alpha value is -0.0800. The molecule has 0 aromatic carbocycles. The van der Waals surface area contributed by atoms with Crippen molar-refractivity contribution < 1.29 is 0 Å². The third-order valence-corrected chi connectivity index (χ3v) is 3.69. The molecule has 0 N–H and O–H groups in total. The van der Waals surface area contributed by atoms with E-state index in [1.54, 1.807) is 0 Å². The van der Waals surface area contributed by atoms with Crippen LogP contribution in [0.1, 0.15) is 41.5 Å². The number of nitrogens with zero attached hydrogens (tertiary/aromatic N) is 2. The molecular formula is C12H26N2. The van der Waals surface area contributed by atoms with Gasteiger partial charge in [-0.05, 0) is 41.5 Å². The lowest BCUT2D eigenvalue weighted by atomic mass is 10.0. The summed E-state index contributed by atoms with van der Waals surface area (Å²) in [6, 6.07) is 2.74. The maximum atomic E-state index is 2.61. The van der Waals surface area contributed by atoms with E-state index >= 15 is 0 Å². The molecule has 0 spiro atoms. The van der Waals surface area contributed by atoms with E-state index in [9.17, 15) is 0 Å². The predicted octanol–water partition coefficient (Wildman–Crippen LogP) is 2.20. The summed E-state index contributed by atoms with van der Waals surface area (Å²) >= 11 is 0. The number of hydrogen-bond acceptors (Lipinski definition) is 2. The molecule has 0 aromatic heterocycles. The minimum absolute atomic E-state index is 0.682. The molecular weight excluding hydrogens is 172 g/mol. The Balaban J connectivity index is 2.64. The van der Waals surface area contributed by atoms with Gasteiger partial charge >= 0.3 is 0 Å². The standard InChI is InChI=1S/C12H26N2/c1-9(2)13-7-8-14(10(3)4)12(6)11(13)5/h9-12H,7-8H2,1-6H3/t11-,12+. The molecule has 1 aliphatic rings. The summed E-state index contributed by atoms with van der Waals surface area (Å²) in [5, 5.41) is 0. The highest BCUT2D eigenvalue weighted by Crippen LogP contribution is 2.20. The van der Waals surface area contributed by atoms with Crippen LogP contribution in [0, 0.1) is 0 Å². The molecule has 2 heteroatoms. The molecule has 0 saturated carbocycles. The van der Waals surface area contributed by atoms with Crippen LogP contribution < -0.4 is 0 Å². The van der Waals surface area contributed by atoms with Gasteiger partial charge in [0, 0.05) is 37.3 Å². The fraction of sp³-hybridized carbons (Fsp3) is 1.00. The molecule has 0 bridgehead atoms. The quantitative estimate of drug-likeness (QED) is 0.671. The first kappa shape index (κ1) is 12.0. The largest absolute Gasteiger partial charge is 0.295 e. The Bertz CT molecular complexity index is 157. The Labute approximate surface area is 89.3 Å². The van der Waals surface area contributed by atoms with Gasteiger partial charge in [-0.15, -0.1) is 0 Å². The van der Waals surface area contributed by atoms with Crippen molar-refractivity contribution in [2.75, 3.05) is 13.1 Å². The molecule has 2 nitrogen and oxygen atoms in total. The third kappa shape index (κ3) is 2.29. The summed E-state index contributed by atoms with van der Waals surface area (Å²) in [7, 11) is 0. The van der Waals surface area contributed by atoms with Gasteiger partial charge in [0.15, 0.2) is 0 Å². The molecule has 2 atom stereocenters. The summed E-state index contributed by atoms with van der Waals surface area (Å²) < 4.78 is 0. The van der Waals surface area contributed by atoms with Gasteiger partial charge in [-0.1, -0.05) is 0 Å². The van der Waals surface area contributed by atoms with Crippen molar-refractivity contribution in [2.45, 2.75) is 65.7 Å². The number of hydrogen-bond donors (Lipinski definition) is 0. The Kier molecular flexibility index (Phi) is 3.96. The molecule has 0 aromatic rings. The van der Waals surface area contributed by atoms with Crippen molar-refractivity contribution in [1.29, 1.82) is 0 Å². The van der Waals surface area contributed by atoms with Gasteiger partial charge in [-0.2, -0.15) is 0 Å².